The number of likely N-dealkylation sites (N-methyl/N-ethyl adjacent to an activating group) is 1. The monoisotopic (exact) mass is 212 g/mol. The molecule has 0 saturated carbocycles. The van der Waals surface area contributed by atoms with Gasteiger partial charge in [-0.2, -0.15) is 0 Å². The second-order valence-corrected chi connectivity index (χ2v) is 3.90. The molecule has 0 aliphatic heterocycles. The van der Waals surface area contributed by atoms with Crippen molar-refractivity contribution in [3.05, 3.63) is 34.9 Å². The van der Waals surface area contributed by atoms with Gasteiger partial charge in [-0.3, -0.25) is 0 Å². The highest BCUT2D eigenvalue weighted by Gasteiger charge is 1.99. The third kappa shape index (κ3) is 4.09. The first kappa shape index (κ1) is 11.5. The lowest BCUT2D eigenvalue weighted by Crippen LogP contribution is -2.34. The minimum absolute atomic E-state index is 0.482. The van der Waals surface area contributed by atoms with Crippen molar-refractivity contribution in [2.24, 2.45) is 0 Å². The van der Waals surface area contributed by atoms with Crippen LogP contribution in [0.4, 0.5) is 0 Å². The Morgan fingerprint density at radius 2 is 1.93 bits per heavy atom. The Labute approximate surface area is 90.7 Å². The Bertz CT molecular complexity index is 258. The van der Waals surface area contributed by atoms with Gasteiger partial charge in [0.1, 0.15) is 0 Å². The predicted octanol–water partition coefficient (Wildman–Crippen LogP) is 2.04. The van der Waals surface area contributed by atoms with Crippen LogP contribution in [0.5, 0.6) is 0 Å². The van der Waals surface area contributed by atoms with Crippen molar-refractivity contribution in [2.75, 3.05) is 13.6 Å². The van der Waals surface area contributed by atoms with E-state index in [0.29, 0.717) is 6.04 Å². The Morgan fingerprint density at radius 3 is 2.50 bits per heavy atom. The molecule has 0 aliphatic carbocycles. The van der Waals surface area contributed by atoms with E-state index in [4.69, 9.17) is 11.6 Å². The molecule has 0 aliphatic rings. The van der Waals surface area contributed by atoms with Gasteiger partial charge in [0.25, 0.3) is 0 Å². The topological polar surface area (TPSA) is 24.1 Å². The molecule has 78 valence electrons. The summed E-state index contributed by atoms with van der Waals surface area (Å²) in [5.41, 5.74) is 1.26. The van der Waals surface area contributed by atoms with Crippen molar-refractivity contribution in [2.45, 2.75) is 19.5 Å². The molecule has 14 heavy (non-hydrogen) atoms. The summed E-state index contributed by atoms with van der Waals surface area (Å²) in [6, 6.07) is 8.40. The summed E-state index contributed by atoms with van der Waals surface area (Å²) < 4.78 is 0. The smallest absolute Gasteiger partial charge is 0.0406 e. The van der Waals surface area contributed by atoms with Crippen LogP contribution < -0.4 is 10.6 Å². The molecule has 0 heterocycles. The average Bonchev–Trinajstić information content (AvgIpc) is 2.17. The highest BCUT2D eigenvalue weighted by Crippen LogP contribution is 2.09. The van der Waals surface area contributed by atoms with E-state index in [-0.39, 0.29) is 0 Å². The van der Waals surface area contributed by atoms with Crippen LogP contribution in [-0.4, -0.2) is 19.6 Å². The fraction of sp³-hybridized carbons (Fsp3) is 0.455. The number of hydrogen-bond acceptors (Lipinski definition) is 2. The van der Waals surface area contributed by atoms with Crippen LogP contribution in [0.25, 0.3) is 0 Å². The summed E-state index contributed by atoms with van der Waals surface area (Å²) in [6.07, 6.45) is 0. The molecule has 2 N–H and O–H groups in total. The predicted molar refractivity (Wildman–Crippen MR) is 61.7 cm³/mol. The van der Waals surface area contributed by atoms with Crippen LogP contribution in [0.3, 0.4) is 0 Å². The van der Waals surface area contributed by atoms with Crippen LogP contribution >= 0.6 is 11.6 Å². The van der Waals surface area contributed by atoms with Crippen molar-refractivity contribution >= 4 is 11.6 Å². The van der Waals surface area contributed by atoms with Crippen molar-refractivity contribution < 1.29 is 0 Å². The summed E-state index contributed by atoms with van der Waals surface area (Å²) in [6.45, 7) is 4.03. The van der Waals surface area contributed by atoms with E-state index in [0.717, 1.165) is 18.1 Å². The largest absolute Gasteiger partial charge is 0.318 e. The molecular weight excluding hydrogens is 196 g/mol. The minimum atomic E-state index is 0.482. The molecule has 3 heteroatoms. The van der Waals surface area contributed by atoms with E-state index >= 15 is 0 Å². The lowest BCUT2D eigenvalue weighted by atomic mass is 10.2. The van der Waals surface area contributed by atoms with Gasteiger partial charge in [0.15, 0.2) is 0 Å². The van der Waals surface area contributed by atoms with E-state index in [9.17, 15) is 0 Å². The van der Waals surface area contributed by atoms with Gasteiger partial charge in [-0.1, -0.05) is 23.7 Å². The first-order chi connectivity index (χ1) is 6.72. The average molecular weight is 213 g/mol. The molecule has 0 saturated heterocycles. The van der Waals surface area contributed by atoms with Crippen LogP contribution in [0.15, 0.2) is 24.3 Å². The van der Waals surface area contributed by atoms with Gasteiger partial charge in [-0.05, 0) is 31.7 Å². The standard InChI is InChI=1S/C11H17ClN2/c1-9(7-13-2)14-8-10-3-5-11(12)6-4-10/h3-6,9,13-14H,7-8H2,1-2H3. The van der Waals surface area contributed by atoms with Gasteiger partial charge >= 0.3 is 0 Å². The van der Waals surface area contributed by atoms with Crippen LogP contribution in [0, 0.1) is 0 Å². The van der Waals surface area contributed by atoms with Crippen molar-refractivity contribution in [1.82, 2.24) is 10.6 Å². The summed E-state index contributed by atoms with van der Waals surface area (Å²) in [5.74, 6) is 0. The molecule has 0 fully saturated rings. The molecule has 1 atom stereocenters. The zero-order valence-electron chi connectivity index (χ0n) is 8.68. The zero-order valence-corrected chi connectivity index (χ0v) is 9.43. The Balaban J connectivity index is 2.34. The van der Waals surface area contributed by atoms with Gasteiger partial charge in [0.05, 0.1) is 0 Å². The molecule has 1 rings (SSSR count). The maximum absolute atomic E-state index is 5.79. The third-order valence-corrected chi connectivity index (χ3v) is 2.33. The Morgan fingerprint density at radius 1 is 1.29 bits per heavy atom. The van der Waals surface area contributed by atoms with Gasteiger partial charge in [0, 0.05) is 24.2 Å². The van der Waals surface area contributed by atoms with Crippen molar-refractivity contribution in [1.29, 1.82) is 0 Å². The fourth-order valence-electron chi connectivity index (χ4n) is 1.27. The molecule has 1 aromatic rings. The lowest BCUT2D eigenvalue weighted by molar-refractivity contribution is 0.523. The summed E-state index contributed by atoms with van der Waals surface area (Å²) >= 11 is 5.79. The minimum Gasteiger partial charge on any atom is -0.318 e. The van der Waals surface area contributed by atoms with Gasteiger partial charge in [0.2, 0.25) is 0 Å². The Hall–Kier alpha value is -0.570. The van der Waals surface area contributed by atoms with Crippen molar-refractivity contribution in [3.8, 4) is 0 Å². The van der Waals surface area contributed by atoms with Gasteiger partial charge in [-0.25, -0.2) is 0 Å². The SMILES string of the molecule is CNCC(C)NCc1ccc(Cl)cc1. The number of nitrogens with one attached hydrogen (secondary N) is 2. The molecule has 0 aromatic heterocycles. The maximum atomic E-state index is 5.79. The first-order valence-corrected chi connectivity index (χ1v) is 5.22. The molecule has 0 spiro atoms. The van der Waals surface area contributed by atoms with E-state index in [1.807, 2.05) is 31.3 Å². The number of rotatable bonds is 5. The van der Waals surface area contributed by atoms with E-state index in [2.05, 4.69) is 17.6 Å². The summed E-state index contributed by atoms with van der Waals surface area (Å²) in [7, 11) is 1.96. The number of benzene rings is 1. The number of halogens is 1. The second kappa shape index (κ2) is 6.02. The molecule has 0 bridgehead atoms. The Kier molecular flexibility index (Phi) is 4.94. The molecule has 0 amide bonds. The fourth-order valence-corrected chi connectivity index (χ4v) is 1.40. The third-order valence-electron chi connectivity index (χ3n) is 2.08. The maximum Gasteiger partial charge on any atom is 0.0406 e. The highest BCUT2D eigenvalue weighted by atomic mass is 35.5. The molecule has 0 radical (unpaired) electrons. The highest BCUT2D eigenvalue weighted by molar-refractivity contribution is 6.30. The first-order valence-electron chi connectivity index (χ1n) is 4.85. The van der Waals surface area contributed by atoms with Crippen LogP contribution in [-0.2, 0) is 6.54 Å². The summed E-state index contributed by atoms with van der Waals surface area (Å²) in [4.78, 5) is 0. The molecule has 1 aromatic carbocycles. The van der Waals surface area contributed by atoms with Crippen molar-refractivity contribution in [3.63, 3.8) is 0 Å². The van der Waals surface area contributed by atoms with E-state index in [1.54, 1.807) is 0 Å². The van der Waals surface area contributed by atoms with Crippen LogP contribution in [0.1, 0.15) is 12.5 Å². The molecular formula is C11H17ClN2. The lowest BCUT2D eigenvalue weighted by Gasteiger charge is -2.12. The van der Waals surface area contributed by atoms with E-state index < -0.39 is 0 Å². The summed E-state index contributed by atoms with van der Waals surface area (Å²) in [5, 5.41) is 7.33. The van der Waals surface area contributed by atoms with E-state index in [1.165, 1.54) is 5.56 Å². The van der Waals surface area contributed by atoms with Crippen LogP contribution in [0.2, 0.25) is 5.02 Å². The normalized spacial score (nSPS) is 12.8. The van der Waals surface area contributed by atoms with Gasteiger partial charge < -0.3 is 10.6 Å². The molecule has 2 nitrogen and oxygen atoms in total. The quantitative estimate of drug-likeness (QED) is 0.781. The van der Waals surface area contributed by atoms with Gasteiger partial charge in [-0.15, -0.1) is 0 Å². The second-order valence-electron chi connectivity index (χ2n) is 3.47. The zero-order chi connectivity index (χ0) is 10.4. The molecule has 1 unspecified atom stereocenters. The number of hydrogen-bond donors (Lipinski definition) is 2.